The molecule has 0 aliphatic heterocycles. The summed E-state index contributed by atoms with van der Waals surface area (Å²) in [6, 6.07) is 0. The Labute approximate surface area is 95.4 Å². The number of nitrogens with two attached hydrogens (primary N) is 2. The molecule has 0 heterocycles. The third-order valence-electron chi connectivity index (χ3n) is 2.64. The lowest BCUT2D eigenvalue weighted by atomic mass is 10.6. The van der Waals surface area contributed by atoms with Gasteiger partial charge < -0.3 is 15.6 Å². The second-order valence-corrected chi connectivity index (χ2v) is 13.4. The normalized spacial score (nSPS) is 16.9. The molecule has 0 aliphatic rings. The molecule has 0 aromatic rings. The van der Waals surface area contributed by atoms with Crippen LogP contribution in [0.25, 0.3) is 0 Å². The highest BCUT2D eigenvalue weighted by Gasteiger charge is 2.39. The van der Waals surface area contributed by atoms with Crippen molar-refractivity contribution in [2.24, 2.45) is 11.5 Å². The topological polar surface area (TPSA) is 61.3 Å². The molecule has 88 valence electrons. The maximum absolute atomic E-state index is 6.22. The van der Waals surface area contributed by atoms with Gasteiger partial charge in [-0.2, -0.15) is 0 Å². The van der Waals surface area contributed by atoms with Crippen molar-refractivity contribution in [3.63, 3.8) is 0 Å². The van der Waals surface area contributed by atoms with Gasteiger partial charge in [-0.15, -0.1) is 13.2 Å². The van der Waals surface area contributed by atoms with Crippen LogP contribution in [0.3, 0.4) is 0 Å². The van der Waals surface area contributed by atoms with E-state index in [1.165, 1.54) is 0 Å². The third kappa shape index (κ3) is 4.04. The quantitative estimate of drug-likeness (QED) is 0.550. The van der Waals surface area contributed by atoms with Crippen molar-refractivity contribution in [3.05, 3.63) is 25.3 Å². The molecule has 2 unspecified atom stereocenters. The molecule has 0 saturated heterocycles. The zero-order valence-corrected chi connectivity index (χ0v) is 12.3. The molecule has 3 nitrogen and oxygen atoms in total. The first-order valence-corrected chi connectivity index (χ1v) is 11.1. The van der Waals surface area contributed by atoms with E-state index >= 15 is 0 Å². The van der Waals surface area contributed by atoms with Crippen LogP contribution in [0, 0.1) is 0 Å². The zero-order valence-electron chi connectivity index (χ0n) is 10.3. The van der Waals surface area contributed by atoms with E-state index in [0.29, 0.717) is 0 Å². The van der Waals surface area contributed by atoms with Crippen LogP contribution in [0.2, 0.25) is 26.2 Å². The predicted octanol–water partition coefficient (Wildman–Crippen LogP) is 1.52. The van der Waals surface area contributed by atoms with E-state index in [-0.39, 0.29) is 11.3 Å². The van der Waals surface area contributed by atoms with E-state index in [0.717, 1.165) is 0 Å². The molecule has 0 saturated carbocycles. The standard InChI is InChI=1S/C10H24N2OSi2/c1-7-9(11)14(3,4)13-15(5,6)10(12)8-2/h7-10H,1-2,11-12H2,3-6H3. The van der Waals surface area contributed by atoms with E-state index in [1.807, 2.05) is 0 Å². The molecule has 0 spiro atoms. The van der Waals surface area contributed by atoms with Crippen molar-refractivity contribution in [2.75, 3.05) is 0 Å². The maximum Gasteiger partial charge on any atom is 0.194 e. The van der Waals surface area contributed by atoms with E-state index in [1.54, 1.807) is 12.2 Å². The van der Waals surface area contributed by atoms with Crippen LogP contribution < -0.4 is 11.5 Å². The van der Waals surface area contributed by atoms with Crippen LogP contribution >= 0.6 is 0 Å². The van der Waals surface area contributed by atoms with E-state index < -0.39 is 16.6 Å². The van der Waals surface area contributed by atoms with Crippen LogP contribution in [0.1, 0.15) is 0 Å². The molecule has 15 heavy (non-hydrogen) atoms. The summed E-state index contributed by atoms with van der Waals surface area (Å²) >= 11 is 0. The lowest BCUT2D eigenvalue weighted by Crippen LogP contribution is -2.60. The van der Waals surface area contributed by atoms with Gasteiger partial charge in [0.1, 0.15) is 0 Å². The van der Waals surface area contributed by atoms with Gasteiger partial charge in [0, 0.05) is 11.3 Å². The Morgan fingerprint density at radius 2 is 1.20 bits per heavy atom. The van der Waals surface area contributed by atoms with Gasteiger partial charge in [0.15, 0.2) is 16.6 Å². The van der Waals surface area contributed by atoms with Gasteiger partial charge in [0.2, 0.25) is 0 Å². The summed E-state index contributed by atoms with van der Waals surface area (Å²) in [4.78, 5) is 0. The van der Waals surface area contributed by atoms with Crippen molar-refractivity contribution in [2.45, 2.75) is 37.5 Å². The monoisotopic (exact) mass is 244 g/mol. The average Bonchev–Trinajstić information content (AvgIpc) is 2.13. The summed E-state index contributed by atoms with van der Waals surface area (Å²) in [5, 5.41) is 0. The van der Waals surface area contributed by atoms with E-state index in [2.05, 4.69) is 39.3 Å². The summed E-state index contributed by atoms with van der Waals surface area (Å²) in [6.07, 6.45) is 3.52. The van der Waals surface area contributed by atoms with E-state index in [9.17, 15) is 0 Å². The fourth-order valence-electron chi connectivity index (χ4n) is 1.38. The van der Waals surface area contributed by atoms with Gasteiger partial charge in [-0.05, 0) is 26.2 Å². The van der Waals surface area contributed by atoms with Crippen molar-refractivity contribution in [1.29, 1.82) is 0 Å². The molecule has 0 aromatic carbocycles. The molecule has 0 aromatic heterocycles. The Morgan fingerprint density at radius 1 is 0.933 bits per heavy atom. The minimum atomic E-state index is -1.93. The minimum absolute atomic E-state index is 0.0544. The Bertz CT molecular complexity index is 218. The zero-order chi connectivity index (χ0) is 12.3. The highest BCUT2D eigenvalue weighted by Crippen LogP contribution is 2.19. The summed E-state index contributed by atoms with van der Waals surface area (Å²) in [5.74, 6) is 0. The van der Waals surface area contributed by atoms with Crippen molar-refractivity contribution >= 4 is 16.6 Å². The minimum Gasteiger partial charge on any atom is -0.453 e. The fourth-order valence-corrected chi connectivity index (χ4v) is 9.03. The molecule has 0 radical (unpaired) electrons. The molecule has 4 N–H and O–H groups in total. The second-order valence-electron chi connectivity index (χ2n) is 4.83. The molecule has 5 heteroatoms. The SMILES string of the molecule is C=CC(N)[Si](C)(C)O[Si](C)(C)C(N)C=C. The highest BCUT2D eigenvalue weighted by molar-refractivity contribution is 6.86. The Balaban J connectivity index is 4.70. The van der Waals surface area contributed by atoms with Gasteiger partial charge in [-0.3, -0.25) is 0 Å². The van der Waals surface area contributed by atoms with Gasteiger partial charge in [-0.1, -0.05) is 12.2 Å². The molecule has 0 aliphatic carbocycles. The van der Waals surface area contributed by atoms with Crippen LogP contribution in [0.4, 0.5) is 0 Å². The van der Waals surface area contributed by atoms with Gasteiger partial charge >= 0.3 is 0 Å². The summed E-state index contributed by atoms with van der Waals surface area (Å²) in [6.45, 7) is 15.8. The first-order valence-electron chi connectivity index (χ1n) is 5.14. The first kappa shape index (κ1) is 14.8. The van der Waals surface area contributed by atoms with Crippen LogP contribution in [-0.4, -0.2) is 28.0 Å². The number of rotatable bonds is 6. The van der Waals surface area contributed by atoms with Crippen LogP contribution in [0.15, 0.2) is 25.3 Å². The average molecular weight is 244 g/mol. The summed E-state index contributed by atoms with van der Waals surface area (Å²) in [7, 11) is -3.85. The molecule has 0 amide bonds. The number of hydrogen-bond acceptors (Lipinski definition) is 3. The first-order chi connectivity index (χ1) is 6.67. The largest absolute Gasteiger partial charge is 0.453 e. The smallest absolute Gasteiger partial charge is 0.194 e. The Kier molecular flexibility index (Phi) is 5.15. The molecule has 0 rings (SSSR count). The van der Waals surface area contributed by atoms with Crippen LogP contribution in [0.5, 0.6) is 0 Å². The number of hydrogen-bond donors (Lipinski definition) is 2. The van der Waals surface area contributed by atoms with Gasteiger partial charge in [0.25, 0.3) is 0 Å². The van der Waals surface area contributed by atoms with Crippen molar-refractivity contribution in [3.8, 4) is 0 Å². The maximum atomic E-state index is 6.22. The van der Waals surface area contributed by atoms with Gasteiger partial charge in [-0.25, -0.2) is 0 Å². The molecular formula is C10H24N2OSi2. The van der Waals surface area contributed by atoms with Crippen molar-refractivity contribution < 1.29 is 4.12 Å². The summed E-state index contributed by atoms with van der Waals surface area (Å²) < 4.78 is 6.22. The Morgan fingerprint density at radius 3 is 1.40 bits per heavy atom. The van der Waals surface area contributed by atoms with Crippen molar-refractivity contribution in [1.82, 2.24) is 0 Å². The lowest BCUT2D eigenvalue weighted by Gasteiger charge is -2.38. The fraction of sp³-hybridized carbons (Fsp3) is 0.600. The predicted molar refractivity (Wildman–Crippen MR) is 72.4 cm³/mol. The third-order valence-corrected chi connectivity index (χ3v) is 10.5. The van der Waals surface area contributed by atoms with Gasteiger partial charge in [0.05, 0.1) is 0 Å². The highest BCUT2D eigenvalue weighted by atomic mass is 28.4. The van der Waals surface area contributed by atoms with E-state index in [4.69, 9.17) is 15.6 Å². The molecular weight excluding hydrogens is 220 g/mol. The molecule has 0 fully saturated rings. The van der Waals surface area contributed by atoms with Crippen LogP contribution in [-0.2, 0) is 4.12 Å². The Hall–Kier alpha value is -0.206. The summed E-state index contributed by atoms with van der Waals surface area (Å²) in [5.41, 5.74) is 11.8. The molecule has 0 bridgehead atoms. The second kappa shape index (κ2) is 5.22. The molecule has 2 atom stereocenters. The lowest BCUT2D eigenvalue weighted by molar-refractivity contribution is 0.520.